The third kappa shape index (κ3) is 6.07. The Morgan fingerprint density at radius 2 is 1.38 bits per heavy atom. The van der Waals surface area contributed by atoms with E-state index in [0.717, 1.165) is 72.5 Å². The first-order valence-corrected chi connectivity index (χ1v) is 16.6. The summed E-state index contributed by atoms with van der Waals surface area (Å²) < 4.78 is 10.9. The van der Waals surface area contributed by atoms with Crippen LogP contribution in [0.3, 0.4) is 0 Å². The van der Waals surface area contributed by atoms with Crippen LogP contribution >= 0.6 is 0 Å². The average Bonchev–Trinajstić information content (AvgIpc) is 3.63. The van der Waals surface area contributed by atoms with Gasteiger partial charge in [-0.05, 0) is 59.7 Å². The molecule has 248 valence electrons. The number of benzene rings is 5. The van der Waals surface area contributed by atoms with Crippen LogP contribution in [-0.2, 0) is 25.8 Å². The van der Waals surface area contributed by atoms with Crippen molar-refractivity contribution in [3.8, 4) is 45.4 Å². The first-order chi connectivity index (χ1) is 23.7. The van der Waals surface area contributed by atoms with Gasteiger partial charge in [-0.3, -0.25) is 4.68 Å². The summed E-state index contributed by atoms with van der Waals surface area (Å²) in [4.78, 5) is 4.73. The largest absolute Gasteiger partial charge is 2.00 e. The predicted molar refractivity (Wildman–Crippen MR) is 199 cm³/mol. The minimum atomic E-state index is -0.156. The Kier molecular flexibility index (Phi) is 8.78. The van der Waals surface area contributed by atoms with Crippen LogP contribution in [-0.4, -0.2) is 19.3 Å². The van der Waals surface area contributed by atoms with Crippen molar-refractivity contribution in [2.75, 3.05) is 0 Å². The molecule has 0 aliphatic rings. The Bertz CT molecular complexity index is 2470. The number of nitrogens with zero attached hydrogens (tertiary/aromatic N) is 4. The quantitative estimate of drug-likeness (QED) is 0.126. The zero-order valence-corrected chi connectivity index (χ0v) is 30.2. The number of aryl methyl sites for hydroxylation is 2. The van der Waals surface area contributed by atoms with Gasteiger partial charge in [0.25, 0.3) is 0 Å². The molecule has 0 spiro atoms. The SMILES string of the molecule is Cc1ccnc(-n2c3[c-]c(Oc4[c-]c(-n5nc(C)c(-c6ccccc6)c5-c5ccccc5)cc(C(C)(C)C)c4)ccc3c3ccccc32)c1.[Pd+2]. The fourth-order valence-electron chi connectivity index (χ4n) is 6.58. The zero-order chi connectivity index (χ0) is 33.7. The van der Waals surface area contributed by atoms with E-state index in [1.54, 1.807) is 0 Å². The molecule has 5 aromatic carbocycles. The van der Waals surface area contributed by atoms with Gasteiger partial charge in [-0.1, -0.05) is 105 Å². The Morgan fingerprint density at radius 1 is 0.680 bits per heavy atom. The molecule has 0 saturated heterocycles. The monoisotopic (exact) mass is 742 g/mol. The van der Waals surface area contributed by atoms with E-state index in [4.69, 9.17) is 14.8 Å². The molecule has 0 N–H and O–H groups in total. The van der Waals surface area contributed by atoms with Crippen LogP contribution < -0.4 is 4.74 Å². The van der Waals surface area contributed by atoms with Crippen molar-refractivity contribution in [1.29, 1.82) is 0 Å². The van der Waals surface area contributed by atoms with E-state index in [9.17, 15) is 0 Å². The molecule has 3 aromatic heterocycles. The second kappa shape index (κ2) is 13.2. The number of para-hydroxylation sites is 1. The Morgan fingerprint density at radius 3 is 2.10 bits per heavy atom. The van der Waals surface area contributed by atoms with Gasteiger partial charge < -0.3 is 9.30 Å². The zero-order valence-electron chi connectivity index (χ0n) is 28.6. The normalized spacial score (nSPS) is 11.5. The molecule has 5 nitrogen and oxygen atoms in total. The van der Waals surface area contributed by atoms with Gasteiger partial charge in [0.1, 0.15) is 5.82 Å². The maximum Gasteiger partial charge on any atom is 2.00 e. The topological polar surface area (TPSA) is 44.9 Å². The van der Waals surface area contributed by atoms with Gasteiger partial charge in [0, 0.05) is 34.3 Å². The fraction of sp³-hybridized carbons (Fsp3) is 0.136. The average molecular weight is 743 g/mol. The first-order valence-electron chi connectivity index (χ1n) is 16.6. The van der Waals surface area contributed by atoms with E-state index in [1.807, 2.05) is 35.1 Å². The number of hydrogen-bond acceptors (Lipinski definition) is 3. The third-order valence-electron chi connectivity index (χ3n) is 9.00. The number of ether oxygens (including phenoxy) is 1. The second-order valence-corrected chi connectivity index (χ2v) is 13.6. The molecular formula is C44H36N4OPd. The summed E-state index contributed by atoms with van der Waals surface area (Å²) in [6.45, 7) is 10.8. The van der Waals surface area contributed by atoms with E-state index in [-0.39, 0.29) is 25.8 Å². The van der Waals surface area contributed by atoms with Gasteiger partial charge in [0.05, 0.1) is 11.4 Å². The van der Waals surface area contributed by atoms with Crippen LogP contribution in [0.25, 0.3) is 55.7 Å². The predicted octanol–water partition coefficient (Wildman–Crippen LogP) is 11.0. The van der Waals surface area contributed by atoms with Crippen molar-refractivity contribution in [3.05, 3.63) is 156 Å². The first kappa shape index (κ1) is 33.2. The molecule has 0 bridgehead atoms. The summed E-state index contributed by atoms with van der Waals surface area (Å²) >= 11 is 0. The van der Waals surface area contributed by atoms with E-state index < -0.39 is 0 Å². The van der Waals surface area contributed by atoms with E-state index >= 15 is 0 Å². The van der Waals surface area contributed by atoms with Crippen LogP contribution in [0, 0.1) is 26.0 Å². The van der Waals surface area contributed by atoms with Gasteiger partial charge in [-0.15, -0.1) is 41.3 Å². The van der Waals surface area contributed by atoms with Crippen LogP contribution in [0.5, 0.6) is 11.5 Å². The molecule has 8 aromatic rings. The van der Waals surface area contributed by atoms with Gasteiger partial charge in [-0.25, -0.2) is 4.98 Å². The van der Waals surface area contributed by atoms with Crippen LogP contribution in [0.15, 0.2) is 128 Å². The number of pyridine rings is 1. The Balaban J connectivity index is 0.00000392. The van der Waals surface area contributed by atoms with Gasteiger partial charge in [0.2, 0.25) is 0 Å². The van der Waals surface area contributed by atoms with Gasteiger partial charge in [-0.2, -0.15) is 11.2 Å². The maximum absolute atomic E-state index is 6.68. The van der Waals surface area contributed by atoms with E-state index in [1.165, 1.54) is 0 Å². The van der Waals surface area contributed by atoms with Crippen LogP contribution in [0.1, 0.15) is 37.6 Å². The summed E-state index contributed by atoms with van der Waals surface area (Å²) in [5, 5.41) is 7.37. The summed E-state index contributed by atoms with van der Waals surface area (Å²) in [5.74, 6) is 2.05. The molecule has 0 atom stereocenters. The van der Waals surface area contributed by atoms with Crippen molar-refractivity contribution in [1.82, 2.24) is 19.3 Å². The summed E-state index contributed by atoms with van der Waals surface area (Å²) in [5.41, 5.74) is 10.1. The summed E-state index contributed by atoms with van der Waals surface area (Å²) in [7, 11) is 0. The fourth-order valence-corrected chi connectivity index (χ4v) is 6.58. The third-order valence-corrected chi connectivity index (χ3v) is 9.00. The van der Waals surface area contributed by atoms with Crippen molar-refractivity contribution >= 4 is 21.8 Å². The minimum Gasteiger partial charge on any atom is -0.509 e. The van der Waals surface area contributed by atoms with E-state index in [0.29, 0.717) is 11.5 Å². The van der Waals surface area contributed by atoms with Gasteiger partial charge >= 0.3 is 20.4 Å². The van der Waals surface area contributed by atoms with Crippen LogP contribution in [0.2, 0.25) is 0 Å². The van der Waals surface area contributed by atoms with Gasteiger partial charge in [0.15, 0.2) is 0 Å². The molecule has 0 radical (unpaired) electrons. The second-order valence-electron chi connectivity index (χ2n) is 13.6. The Labute approximate surface area is 306 Å². The van der Waals surface area contributed by atoms with Crippen molar-refractivity contribution in [3.63, 3.8) is 0 Å². The molecule has 8 rings (SSSR count). The molecular weight excluding hydrogens is 707 g/mol. The molecule has 0 fully saturated rings. The van der Waals surface area contributed by atoms with Crippen molar-refractivity contribution in [2.24, 2.45) is 0 Å². The number of hydrogen-bond donors (Lipinski definition) is 0. The summed E-state index contributed by atoms with van der Waals surface area (Å²) in [6, 6.07) is 49.0. The Hall–Kier alpha value is -5.28. The molecule has 0 amide bonds. The number of fused-ring (bicyclic) bond motifs is 3. The van der Waals surface area contributed by atoms with Crippen LogP contribution in [0.4, 0.5) is 0 Å². The smallest absolute Gasteiger partial charge is 0.509 e. The molecule has 0 aliphatic heterocycles. The standard InChI is InChI=1S/C44H36N4O.Pd/c1-29-22-23-45-41(24-29)47-39-19-13-12-18-37(39)38-21-20-35(28-40(38)47)49-36-26-33(44(3,4)5)25-34(27-36)48-43(32-16-10-7-11-17-32)42(30(2)46-48)31-14-8-6-9-15-31;/h6-26H,1-5H3;/q-2;+2. The molecule has 3 heterocycles. The maximum atomic E-state index is 6.68. The van der Waals surface area contributed by atoms with E-state index in [2.05, 4.69) is 148 Å². The number of aromatic nitrogens is 4. The number of rotatable bonds is 6. The van der Waals surface area contributed by atoms with Crippen molar-refractivity contribution < 1.29 is 25.2 Å². The molecule has 50 heavy (non-hydrogen) atoms. The minimum absolute atomic E-state index is 0. The molecule has 6 heteroatoms. The molecule has 0 saturated carbocycles. The summed E-state index contributed by atoms with van der Waals surface area (Å²) in [6.07, 6.45) is 1.85. The molecule has 0 aliphatic carbocycles. The molecule has 0 unspecified atom stereocenters. The van der Waals surface area contributed by atoms with Crippen molar-refractivity contribution in [2.45, 2.75) is 40.0 Å².